The number of Topliss-reactive ketones (excluding diaryl/α,β-unsaturated/α-hetero) is 1. The van der Waals surface area contributed by atoms with Crippen LogP contribution in [0.4, 0.5) is 0 Å². The van der Waals surface area contributed by atoms with Gasteiger partial charge in [-0.25, -0.2) is 0 Å². The first-order chi connectivity index (χ1) is 11.6. The molecule has 3 aliphatic carbocycles. The minimum atomic E-state index is -0.126. The molecule has 0 N–H and O–H groups in total. The predicted octanol–water partition coefficient (Wildman–Crippen LogP) is 5.07. The van der Waals surface area contributed by atoms with E-state index < -0.39 is 0 Å². The largest absolute Gasteiger partial charge is 0.497 e. The maximum absolute atomic E-state index is 12.7. The Morgan fingerprint density at radius 3 is 2.83 bits per heavy atom. The molecule has 0 saturated heterocycles. The number of ether oxygens (including phenoxy) is 1. The zero-order chi connectivity index (χ0) is 16.9. The maximum Gasteiger partial charge on any atom is 0.146 e. The van der Waals surface area contributed by atoms with Crippen LogP contribution >= 0.6 is 0 Å². The van der Waals surface area contributed by atoms with Crippen molar-refractivity contribution in [1.82, 2.24) is 0 Å². The van der Waals surface area contributed by atoms with Crippen LogP contribution < -0.4 is 4.74 Å². The summed E-state index contributed by atoms with van der Waals surface area (Å²) in [5.41, 5.74) is 4.35. The molecule has 1 unspecified atom stereocenters. The van der Waals surface area contributed by atoms with E-state index in [-0.39, 0.29) is 5.41 Å². The van der Waals surface area contributed by atoms with Gasteiger partial charge in [-0.2, -0.15) is 0 Å². The van der Waals surface area contributed by atoms with Crippen molar-refractivity contribution in [3.05, 3.63) is 41.0 Å². The summed E-state index contributed by atoms with van der Waals surface area (Å²) in [5.74, 6) is 3.25. The van der Waals surface area contributed by atoms with Crippen LogP contribution in [-0.4, -0.2) is 12.9 Å². The summed E-state index contributed by atoms with van der Waals surface area (Å²) in [6, 6.07) is 6.64. The third-order valence-corrected chi connectivity index (χ3v) is 7.14. The van der Waals surface area contributed by atoms with Crippen LogP contribution in [0.2, 0.25) is 0 Å². The zero-order valence-electron chi connectivity index (χ0n) is 15.1. The van der Waals surface area contributed by atoms with Crippen molar-refractivity contribution in [1.29, 1.82) is 0 Å². The average Bonchev–Trinajstić information content (AvgIpc) is 2.97. The monoisotopic (exact) mass is 324 g/mol. The molecule has 4 atom stereocenters. The first-order valence-corrected chi connectivity index (χ1v) is 9.55. The van der Waals surface area contributed by atoms with E-state index in [9.17, 15) is 4.79 Å². The lowest BCUT2D eigenvalue weighted by molar-refractivity contribution is -0.126. The molecule has 1 aromatic rings. The fourth-order valence-electron chi connectivity index (χ4n) is 5.86. The molecular weight excluding hydrogens is 296 g/mol. The number of hydrogen-bond donors (Lipinski definition) is 0. The highest BCUT2D eigenvalue weighted by Crippen LogP contribution is 2.60. The van der Waals surface area contributed by atoms with Crippen LogP contribution in [0.3, 0.4) is 0 Å². The second-order valence-electron chi connectivity index (χ2n) is 7.83. The van der Waals surface area contributed by atoms with Gasteiger partial charge in [0.1, 0.15) is 11.5 Å². The SMILES string of the molecule is CC[C@@H]1Cc2cc(OC)ccc2[C@H]2CCC3(CC)C(=O)CC=C3[C@H]12. The molecule has 0 spiro atoms. The number of rotatable bonds is 3. The van der Waals surface area contributed by atoms with Crippen molar-refractivity contribution in [2.45, 2.75) is 58.3 Å². The van der Waals surface area contributed by atoms with E-state index in [2.05, 4.69) is 38.1 Å². The Morgan fingerprint density at radius 1 is 1.29 bits per heavy atom. The molecule has 1 fully saturated rings. The average molecular weight is 324 g/mol. The van der Waals surface area contributed by atoms with Crippen molar-refractivity contribution < 1.29 is 9.53 Å². The molecule has 3 aliphatic rings. The summed E-state index contributed by atoms with van der Waals surface area (Å²) in [7, 11) is 1.75. The molecule has 2 nitrogen and oxygen atoms in total. The maximum atomic E-state index is 12.7. The summed E-state index contributed by atoms with van der Waals surface area (Å²) in [6.07, 6.45) is 8.44. The lowest BCUT2D eigenvalue weighted by Crippen LogP contribution is -2.43. The molecular formula is C22H28O2. The van der Waals surface area contributed by atoms with Crippen molar-refractivity contribution >= 4 is 5.78 Å². The van der Waals surface area contributed by atoms with E-state index in [1.165, 1.54) is 23.1 Å². The standard InChI is InChI=1S/C22H28O2/c1-4-14-12-15-13-16(24-3)6-7-17(15)18-10-11-22(5-2)19(21(14)18)8-9-20(22)23/h6-8,13-14,18,21H,4-5,9-12H2,1-3H3/t14-,18-,21-,22?/m1/s1. The number of carbonyl (C=O) groups excluding carboxylic acids is 1. The van der Waals surface area contributed by atoms with E-state index in [0.717, 1.165) is 31.4 Å². The first-order valence-electron chi connectivity index (χ1n) is 9.55. The van der Waals surface area contributed by atoms with Gasteiger partial charge in [-0.3, -0.25) is 4.79 Å². The van der Waals surface area contributed by atoms with Gasteiger partial charge in [0.25, 0.3) is 0 Å². The minimum absolute atomic E-state index is 0.126. The van der Waals surface area contributed by atoms with Crippen molar-refractivity contribution in [2.24, 2.45) is 17.3 Å². The zero-order valence-corrected chi connectivity index (χ0v) is 15.1. The molecule has 1 saturated carbocycles. The third kappa shape index (κ3) is 2.04. The summed E-state index contributed by atoms with van der Waals surface area (Å²) in [4.78, 5) is 12.7. The van der Waals surface area contributed by atoms with Crippen molar-refractivity contribution in [3.8, 4) is 5.75 Å². The quantitative estimate of drug-likeness (QED) is 0.726. The summed E-state index contributed by atoms with van der Waals surface area (Å²) in [5, 5.41) is 0. The highest BCUT2D eigenvalue weighted by atomic mass is 16.5. The van der Waals surface area contributed by atoms with Gasteiger partial charge in [-0.15, -0.1) is 0 Å². The third-order valence-electron chi connectivity index (χ3n) is 7.14. The number of allylic oxidation sites excluding steroid dienone is 2. The lowest BCUT2D eigenvalue weighted by Gasteiger charge is -2.50. The van der Waals surface area contributed by atoms with Crippen molar-refractivity contribution in [3.63, 3.8) is 0 Å². The molecule has 1 aromatic carbocycles. The second-order valence-corrected chi connectivity index (χ2v) is 7.83. The lowest BCUT2D eigenvalue weighted by atomic mass is 9.53. The Hall–Kier alpha value is -1.57. The molecule has 0 heterocycles. The van der Waals surface area contributed by atoms with Crippen LogP contribution in [0.5, 0.6) is 5.75 Å². The van der Waals surface area contributed by atoms with Crippen LogP contribution in [0.25, 0.3) is 0 Å². The van der Waals surface area contributed by atoms with E-state index in [0.29, 0.717) is 30.0 Å². The van der Waals surface area contributed by atoms with Gasteiger partial charge in [0.2, 0.25) is 0 Å². The fraction of sp³-hybridized carbons (Fsp3) is 0.591. The topological polar surface area (TPSA) is 26.3 Å². The van der Waals surface area contributed by atoms with Gasteiger partial charge in [0, 0.05) is 6.42 Å². The van der Waals surface area contributed by atoms with Crippen LogP contribution in [0.15, 0.2) is 29.8 Å². The van der Waals surface area contributed by atoms with Gasteiger partial charge >= 0.3 is 0 Å². The number of fused-ring (bicyclic) bond motifs is 5. The molecule has 0 amide bonds. The van der Waals surface area contributed by atoms with E-state index >= 15 is 0 Å². The molecule has 2 heteroatoms. The Morgan fingerprint density at radius 2 is 2.12 bits per heavy atom. The summed E-state index contributed by atoms with van der Waals surface area (Å²) >= 11 is 0. The number of benzene rings is 1. The second kappa shape index (κ2) is 5.75. The number of methoxy groups -OCH3 is 1. The molecule has 0 aliphatic heterocycles. The number of ketones is 1. The highest BCUT2D eigenvalue weighted by Gasteiger charge is 2.53. The molecule has 0 aromatic heterocycles. The molecule has 4 rings (SSSR count). The fourth-order valence-corrected chi connectivity index (χ4v) is 5.86. The summed E-state index contributed by atoms with van der Waals surface area (Å²) < 4.78 is 5.45. The summed E-state index contributed by atoms with van der Waals surface area (Å²) in [6.45, 7) is 4.52. The normalized spacial score (nSPS) is 34.2. The van der Waals surface area contributed by atoms with E-state index in [4.69, 9.17) is 4.74 Å². The highest BCUT2D eigenvalue weighted by molar-refractivity contribution is 5.92. The Bertz CT molecular complexity index is 702. The molecule has 0 bridgehead atoms. The van der Waals surface area contributed by atoms with Gasteiger partial charge < -0.3 is 4.74 Å². The van der Waals surface area contributed by atoms with Crippen LogP contribution in [0.1, 0.15) is 63.0 Å². The molecule has 24 heavy (non-hydrogen) atoms. The van der Waals surface area contributed by atoms with Gasteiger partial charge in [-0.05, 0) is 66.7 Å². The predicted molar refractivity (Wildman–Crippen MR) is 96.4 cm³/mol. The van der Waals surface area contributed by atoms with E-state index in [1.54, 1.807) is 7.11 Å². The smallest absolute Gasteiger partial charge is 0.146 e. The Labute approximate surface area is 145 Å². The van der Waals surface area contributed by atoms with Crippen LogP contribution in [0, 0.1) is 17.3 Å². The van der Waals surface area contributed by atoms with Crippen LogP contribution in [-0.2, 0) is 11.2 Å². The number of hydrogen-bond acceptors (Lipinski definition) is 2. The van der Waals surface area contributed by atoms with Gasteiger partial charge in [0.15, 0.2) is 0 Å². The van der Waals surface area contributed by atoms with Gasteiger partial charge in [0.05, 0.1) is 12.5 Å². The first kappa shape index (κ1) is 15.9. The Kier molecular flexibility index (Phi) is 3.82. The minimum Gasteiger partial charge on any atom is -0.497 e. The van der Waals surface area contributed by atoms with E-state index in [1.807, 2.05) is 0 Å². The molecule has 128 valence electrons. The Balaban J connectivity index is 1.80. The van der Waals surface area contributed by atoms with Crippen molar-refractivity contribution in [2.75, 3.05) is 7.11 Å². The molecule has 0 radical (unpaired) electrons. The van der Waals surface area contributed by atoms with Gasteiger partial charge in [-0.1, -0.05) is 38.0 Å². The number of carbonyl (C=O) groups is 1.